The highest BCUT2D eigenvalue weighted by atomic mass is 19.4. The Morgan fingerprint density at radius 2 is 1.43 bits per heavy atom. The molecule has 2 atom stereocenters. The van der Waals surface area contributed by atoms with E-state index in [9.17, 15) is 35.8 Å². The summed E-state index contributed by atoms with van der Waals surface area (Å²) in [5.74, 6) is -0.501. The highest BCUT2D eigenvalue weighted by molar-refractivity contribution is 5.41. The number of halogens is 7. The van der Waals surface area contributed by atoms with Crippen LogP contribution in [0.1, 0.15) is 49.1 Å². The van der Waals surface area contributed by atoms with Gasteiger partial charge in [-0.05, 0) is 52.9 Å². The molecule has 200 valence electrons. The molecule has 0 radical (unpaired) electrons. The van der Waals surface area contributed by atoms with E-state index in [0.29, 0.717) is 11.8 Å². The lowest BCUT2D eigenvalue weighted by atomic mass is 9.87. The molecule has 3 aromatic carbocycles. The average Bonchev–Trinajstić information content (AvgIpc) is 2.78. The zero-order valence-corrected chi connectivity index (χ0v) is 20.2. The highest BCUT2D eigenvalue weighted by Crippen LogP contribution is 2.35. The molecule has 0 aliphatic carbocycles. The Kier molecular flexibility index (Phi) is 8.24. The molecule has 0 spiro atoms. The molecule has 0 aromatic heterocycles. The predicted octanol–water partition coefficient (Wildman–Crippen LogP) is 7.54. The second-order valence-corrected chi connectivity index (χ2v) is 9.59. The zero-order valence-electron chi connectivity index (χ0n) is 20.2. The van der Waals surface area contributed by atoms with Crippen molar-refractivity contribution in [1.82, 2.24) is 5.32 Å². The smallest absolute Gasteiger partial charge is 0.416 e. The number of ether oxygens (including phenoxy) is 1. The van der Waals surface area contributed by atoms with Gasteiger partial charge in [0.1, 0.15) is 17.3 Å². The molecule has 3 aromatic rings. The van der Waals surface area contributed by atoms with Gasteiger partial charge in [-0.3, -0.25) is 0 Å². The van der Waals surface area contributed by atoms with Gasteiger partial charge in [-0.25, -0.2) is 4.39 Å². The number of alkyl halides is 6. The minimum atomic E-state index is -4.95. The van der Waals surface area contributed by atoms with Gasteiger partial charge in [0.25, 0.3) is 0 Å². The maximum atomic E-state index is 14.8. The predicted molar refractivity (Wildman–Crippen MR) is 125 cm³/mol. The summed E-state index contributed by atoms with van der Waals surface area (Å²) in [6.07, 6.45) is -12.5. The van der Waals surface area contributed by atoms with E-state index in [4.69, 9.17) is 4.74 Å². The lowest BCUT2D eigenvalue weighted by Gasteiger charge is -2.24. The number of nitrogens with one attached hydrogen (secondary N) is 1. The highest BCUT2D eigenvalue weighted by Gasteiger charge is 2.38. The minimum absolute atomic E-state index is 0.157. The van der Waals surface area contributed by atoms with Crippen molar-refractivity contribution in [2.24, 2.45) is 0 Å². The zero-order chi connectivity index (χ0) is 27.6. The van der Waals surface area contributed by atoms with E-state index in [0.717, 1.165) is 11.6 Å². The van der Waals surface area contributed by atoms with Crippen LogP contribution in [0.5, 0.6) is 11.5 Å². The summed E-state index contributed by atoms with van der Waals surface area (Å²) in [5, 5.41) is 11.9. The van der Waals surface area contributed by atoms with E-state index in [2.05, 4.69) is 5.32 Å². The van der Waals surface area contributed by atoms with Crippen molar-refractivity contribution in [3.8, 4) is 11.5 Å². The van der Waals surface area contributed by atoms with E-state index in [1.807, 2.05) is 32.9 Å². The van der Waals surface area contributed by atoms with Gasteiger partial charge in [0.2, 0.25) is 0 Å². The van der Waals surface area contributed by atoms with Crippen LogP contribution in [-0.4, -0.2) is 23.9 Å². The molecule has 3 nitrogen and oxygen atoms in total. The third-order valence-electron chi connectivity index (χ3n) is 5.66. The third kappa shape index (κ3) is 7.45. The number of aliphatic hydroxyl groups excluding tert-OH is 1. The Balaban J connectivity index is 1.97. The first-order valence-electron chi connectivity index (χ1n) is 11.3. The van der Waals surface area contributed by atoms with Gasteiger partial charge in [-0.1, -0.05) is 51.1 Å². The van der Waals surface area contributed by atoms with Crippen molar-refractivity contribution in [2.75, 3.05) is 6.54 Å². The van der Waals surface area contributed by atoms with Crippen molar-refractivity contribution in [2.45, 2.75) is 50.7 Å². The fourth-order valence-electron chi connectivity index (χ4n) is 3.61. The molecule has 0 aliphatic rings. The quantitative estimate of drug-likeness (QED) is 0.311. The van der Waals surface area contributed by atoms with Crippen LogP contribution in [0.4, 0.5) is 30.7 Å². The van der Waals surface area contributed by atoms with Crippen LogP contribution >= 0.6 is 0 Å². The van der Waals surface area contributed by atoms with Crippen molar-refractivity contribution in [1.29, 1.82) is 0 Å². The lowest BCUT2D eigenvalue weighted by Crippen LogP contribution is -2.40. The number of hydrogen-bond acceptors (Lipinski definition) is 3. The van der Waals surface area contributed by atoms with Gasteiger partial charge in [0.15, 0.2) is 6.10 Å². The molecule has 2 N–H and O–H groups in total. The molecule has 0 aliphatic heterocycles. The average molecular weight is 529 g/mol. The minimum Gasteiger partial charge on any atom is -0.457 e. The van der Waals surface area contributed by atoms with Crippen LogP contribution in [0.2, 0.25) is 0 Å². The normalized spacial score (nSPS) is 14.4. The van der Waals surface area contributed by atoms with Crippen LogP contribution in [0.3, 0.4) is 0 Å². The van der Waals surface area contributed by atoms with Crippen LogP contribution in [-0.2, 0) is 11.6 Å². The summed E-state index contributed by atoms with van der Waals surface area (Å²) in [5.41, 5.74) is -0.505. The standard InChI is InChI=1S/C27H26F7NO2/c1-25(2,3)17-7-5-9-20(13-17)37-19-8-4-6-16(12-19)24(35-15-23(36)27(32,33)34)21-11-10-18(14-22(21)28)26(29,30)31/h4-14,23-24,35-36H,15H2,1-3H3/t23-,24?/m1/s1. The first-order chi connectivity index (χ1) is 17.1. The van der Waals surface area contributed by atoms with Gasteiger partial charge >= 0.3 is 12.4 Å². The van der Waals surface area contributed by atoms with Crippen LogP contribution in [0.15, 0.2) is 66.7 Å². The summed E-state index contributed by atoms with van der Waals surface area (Å²) >= 11 is 0. The van der Waals surface area contributed by atoms with E-state index < -0.39 is 42.4 Å². The van der Waals surface area contributed by atoms with Crippen LogP contribution < -0.4 is 10.1 Å². The molecule has 0 fully saturated rings. The molecule has 0 bridgehead atoms. The van der Waals surface area contributed by atoms with Crippen LogP contribution in [0, 0.1) is 5.82 Å². The maximum Gasteiger partial charge on any atom is 0.416 e. The van der Waals surface area contributed by atoms with Gasteiger partial charge in [-0.2, -0.15) is 26.3 Å². The summed E-state index contributed by atoms with van der Waals surface area (Å²) in [6, 6.07) is 13.8. The molecule has 0 heterocycles. The molecular formula is C27H26F7NO2. The van der Waals surface area contributed by atoms with Crippen molar-refractivity contribution < 1.29 is 40.6 Å². The first kappa shape index (κ1) is 28.5. The van der Waals surface area contributed by atoms with Crippen LogP contribution in [0.25, 0.3) is 0 Å². The molecule has 0 amide bonds. The fraction of sp³-hybridized carbons (Fsp3) is 0.333. The molecule has 10 heteroatoms. The molecule has 0 saturated carbocycles. The van der Waals surface area contributed by atoms with E-state index in [1.165, 1.54) is 18.2 Å². The van der Waals surface area contributed by atoms with Gasteiger partial charge in [0.05, 0.1) is 11.6 Å². The molecule has 1 unspecified atom stereocenters. The number of benzene rings is 3. The SMILES string of the molecule is CC(C)(C)c1cccc(Oc2cccc(C(NC[C@@H](O)C(F)(F)F)c3ccc(C(F)(F)F)cc3F)c2)c1. The summed E-state index contributed by atoms with van der Waals surface area (Å²) in [6.45, 7) is 5.05. The van der Waals surface area contributed by atoms with Gasteiger partial charge in [0, 0.05) is 12.1 Å². The number of hydrogen-bond donors (Lipinski definition) is 2. The first-order valence-corrected chi connectivity index (χ1v) is 11.3. The fourth-order valence-corrected chi connectivity index (χ4v) is 3.61. The Hall–Kier alpha value is -3.11. The van der Waals surface area contributed by atoms with Crippen molar-refractivity contribution in [3.63, 3.8) is 0 Å². The maximum absolute atomic E-state index is 14.8. The van der Waals surface area contributed by atoms with Crippen molar-refractivity contribution in [3.05, 3.63) is 94.8 Å². The second kappa shape index (κ2) is 10.7. The van der Waals surface area contributed by atoms with E-state index in [1.54, 1.807) is 18.2 Å². The van der Waals surface area contributed by atoms with Crippen molar-refractivity contribution >= 4 is 0 Å². The lowest BCUT2D eigenvalue weighted by molar-refractivity contribution is -0.202. The second-order valence-electron chi connectivity index (χ2n) is 9.59. The summed E-state index contributed by atoms with van der Waals surface area (Å²) in [4.78, 5) is 0. The van der Waals surface area contributed by atoms with E-state index >= 15 is 0 Å². The van der Waals surface area contributed by atoms with E-state index in [-0.39, 0.29) is 28.4 Å². The Morgan fingerprint density at radius 1 is 0.811 bits per heavy atom. The number of aliphatic hydroxyl groups is 1. The van der Waals surface area contributed by atoms with Gasteiger partial charge < -0.3 is 15.2 Å². The Bertz CT molecular complexity index is 1220. The summed E-state index contributed by atoms with van der Waals surface area (Å²) in [7, 11) is 0. The molecule has 37 heavy (non-hydrogen) atoms. The molecule has 0 saturated heterocycles. The Morgan fingerprint density at radius 3 is 2.00 bits per heavy atom. The number of rotatable bonds is 7. The third-order valence-corrected chi connectivity index (χ3v) is 5.66. The summed E-state index contributed by atoms with van der Waals surface area (Å²) < 4.78 is 98.4. The molecular weight excluding hydrogens is 503 g/mol. The Labute approximate surface area is 209 Å². The topological polar surface area (TPSA) is 41.5 Å². The monoisotopic (exact) mass is 529 g/mol. The largest absolute Gasteiger partial charge is 0.457 e. The van der Waals surface area contributed by atoms with Gasteiger partial charge in [-0.15, -0.1) is 0 Å². The molecule has 3 rings (SSSR count).